The molecule has 0 bridgehead atoms. The van der Waals surface area contributed by atoms with E-state index in [4.69, 9.17) is 11.0 Å². The fraction of sp³-hybridized carbons (Fsp3) is 0.320. The lowest BCUT2D eigenvalue weighted by molar-refractivity contribution is 0.193. The Morgan fingerprint density at radius 3 is 2.91 bits per heavy atom. The van der Waals surface area contributed by atoms with E-state index in [2.05, 4.69) is 51.1 Å². The standard InChI is InChI=1S/C25H27N7/c1-16-3-5-21-20(16)6-7-22(25(21)27)23-15-31(10-9-28-23)13-18-4-8-24(29-12-18)32-14-19(11-26)17(2)30-32/h4,6-8,12,14,23,28H,1,3,5,9-10,13,15,27H2,2H3/t23-/m0/s1. The van der Waals surface area contributed by atoms with Crippen LogP contribution in [0.4, 0.5) is 5.69 Å². The molecule has 0 unspecified atom stereocenters. The minimum atomic E-state index is 0.214. The van der Waals surface area contributed by atoms with E-state index in [0.717, 1.165) is 50.3 Å². The van der Waals surface area contributed by atoms with Gasteiger partial charge in [0, 0.05) is 44.1 Å². The summed E-state index contributed by atoms with van der Waals surface area (Å²) < 4.78 is 1.66. The van der Waals surface area contributed by atoms with Crippen molar-refractivity contribution in [3.8, 4) is 11.9 Å². The van der Waals surface area contributed by atoms with E-state index in [1.54, 1.807) is 10.9 Å². The molecule has 5 rings (SSSR count). The third kappa shape index (κ3) is 3.68. The van der Waals surface area contributed by atoms with E-state index >= 15 is 0 Å². The molecule has 1 aromatic carbocycles. The van der Waals surface area contributed by atoms with Gasteiger partial charge in [-0.05, 0) is 53.7 Å². The first-order valence-electron chi connectivity index (χ1n) is 11.0. The number of aryl methyl sites for hydroxylation is 1. The monoisotopic (exact) mass is 425 g/mol. The van der Waals surface area contributed by atoms with Crippen molar-refractivity contribution in [2.24, 2.45) is 0 Å². The Balaban J connectivity index is 1.29. The lowest BCUT2D eigenvalue weighted by atomic mass is 9.96. The van der Waals surface area contributed by atoms with Crippen LogP contribution < -0.4 is 11.1 Å². The van der Waals surface area contributed by atoms with Gasteiger partial charge < -0.3 is 11.1 Å². The van der Waals surface area contributed by atoms with Gasteiger partial charge in [0.25, 0.3) is 0 Å². The maximum absolute atomic E-state index is 9.14. The van der Waals surface area contributed by atoms with Gasteiger partial charge in [0.2, 0.25) is 0 Å². The van der Waals surface area contributed by atoms with Gasteiger partial charge in [-0.1, -0.05) is 24.8 Å². The summed E-state index contributed by atoms with van der Waals surface area (Å²) in [5.74, 6) is 0.712. The highest BCUT2D eigenvalue weighted by atomic mass is 15.3. The Kier molecular flexibility index (Phi) is 5.25. The van der Waals surface area contributed by atoms with Crippen LogP contribution in [0.3, 0.4) is 0 Å². The molecule has 1 saturated heterocycles. The number of nitrogens with one attached hydrogen (secondary N) is 1. The van der Waals surface area contributed by atoms with Gasteiger partial charge in [-0.15, -0.1) is 0 Å². The summed E-state index contributed by atoms with van der Waals surface area (Å²) in [5, 5.41) is 17.2. The number of hydrogen-bond donors (Lipinski definition) is 2. The minimum Gasteiger partial charge on any atom is -0.398 e. The zero-order valence-corrected chi connectivity index (χ0v) is 18.3. The van der Waals surface area contributed by atoms with Crippen LogP contribution in [0.2, 0.25) is 0 Å². The lowest BCUT2D eigenvalue weighted by Crippen LogP contribution is -2.45. The summed E-state index contributed by atoms with van der Waals surface area (Å²) in [5.41, 5.74) is 14.8. The zero-order valence-electron chi connectivity index (χ0n) is 18.3. The van der Waals surface area contributed by atoms with Crippen LogP contribution in [-0.4, -0.2) is 39.3 Å². The molecule has 3 N–H and O–H groups in total. The zero-order chi connectivity index (χ0) is 22.2. The van der Waals surface area contributed by atoms with Crippen molar-refractivity contribution in [2.75, 3.05) is 25.4 Å². The fourth-order valence-electron chi connectivity index (χ4n) is 4.75. The van der Waals surface area contributed by atoms with Gasteiger partial charge in [-0.2, -0.15) is 10.4 Å². The first-order chi connectivity index (χ1) is 15.5. The molecular formula is C25H27N7. The molecule has 162 valence electrons. The number of fused-ring (bicyclic) bond motifs is 1. The van der Waals surface area contributed by atoms with Gasteiger partial charge in [-0.3, -0.25) is 4.90 Å². The molecule has 0 radical (unpaired) electrons. The number of benzene rings is 1. The molecule has 7 nitrogen and oxygen atoms in total. The maximum Gasteiger partial charge on any atom is 0.153 e. The lowest BCUT2D eigenvalue weighted by Gasteiger charge is -2.34. The van der Waals surface area contributed by atoms with Crippen molar-refractivity contribution in [1.82, 2.24) is 25.0 Å². The molecule has 0 amide bonds. The summed E-state index contributed by atoms with van der Waals surface area (Å²) in [6.07, 6.45) is 5.61. The first-order valence-corrected chi connectivity index (χ1v) is 11.0. The second-order valence-corrected chi connectivity index (χ2v) is 8.65. The van der Waals surface area contributed by atoms with Crippen molar-refractivity contribution >= 4 is 11.3 Å². The molecule has 1 atom stereocenters. The van der Waals surface area contributed by atoms with Crippen molar-refractivity contribution in [2.45, 2.75) is 32.4 Å². The Hall–Kier alpha value is -3.47. The number of nitriles is 1. The predicted molar refractivity (Wildman–Crippen MR) is 125 cm³/mol. The number of hydrogen-bond acceptors (Lipinski definition) is 6. The Labute approximate surface area is 188 Å². The minimum absolute atomic E-state index is 0.214. The molecule has 32 heavy (non-hydrogen) atoms. The summed E-state index contributed by atoms with van der Waals surface area (Å²) in [4.78, 5) is 7.00. The average Bonchev–Trinajstić information content (AvgIpc) is 3.37. The molecule has 7 heteroatoms. The van der Waals surface area contributed by atoms with E-state index in [-0.39, 0.29) is 6.04 Å². The molecule has 3 aromatic rings. The van der Waals surface area contributed by atoms with Crippen LogP contribution >= 0.6 is 0 Å². The van der Waals surface area contributed by atoms with Gasteiger partial charge in [0.15, 0.2) is 5.82 Å². The number of nitrogen functional groups attached to an aromatic ring is 1. The van der Waals surface area contributed by atoms with E-state index in [9.17, 15) is 0 Å². The van der Waals surface area contributed by atoms with Crippen LogP contribution in [0.5, 0.6) is 0 Å². The smallest absolute Gasteiger partial charge is 0.153 e. The van der Waals surface area contributed by atoms with E-state index in [1.807, 2.05) is 19.2 Å². The number of rotatable bonds is 4. The number of nitrogens with two attached hydrogens (primary N) is 1. The van der Waals surface area contributed by atoms with Crippen LogP contribution in [0.25, 0.3) is 11.4 Å². The molecule has 1 aliphatic heterocycles. The molecule has 0 spiro atoms. The van der Waals surface area contributed by atoms with E-state index in [0.29, 0.717) is 17.1 Å². The maximum atomic E-state index is 9.14. The molecular weight excluding hydrogens is 398 g/mol. The SMILES string of the molecule is C=C1CCc2c1ccc([C@@H]1CN(Cc3ccc(-n4cc(C#N)c(C)n4)nc3)CCN1)c2N. The van der Waals surface area contributed by atoms with Crippen LogP contribution in [0.15, 0.2) is 43.2 Å². The molecule has 1 aliphatic carbocycles. The van der Waals surface area contributed by atoms with Crippen LogP contribution in [0, 0.1) is 18.3 Å². The van der Waals surface area contributed by atoms with Crippen molar-refractivity contribution in [1.29, 1.82) is 5.26 Å². The molecule has 3 heterocycles. The highest BCUT2D eigenvalue weighted by Gasteiger charge is 2.26. The Morgan fingerprint density at radius 2 is 2.16 bits per heavy atom. The van der Waals surface area contributed by atoms with Crippen molar-refractivity contribution in [3.05, 3.63) is 76.7 Å². The first kappa shape index (κ1) is 20.4. The normalized spacial score (nSPS) is 18.5. The molecule has 0 saturated carbocycles. The third-order valence-corrected chi connectivity index (χ3v) is 6.55. The number of aromatic nitrogens is 3. The van der Waals surface area contributed by atoms with Crippen molar-refractivity contribution < 1.29 is 0 Å². The number of nitrogens with zero attached hydrogens (tertiary/aromatic N) is 5. The molecule has 2 aliphatic rings. The van der Waals surface area contributed by atoms with Crippen LogP contribution in [-0.2, 0) is 13.0 Å². The Morgan fingerprint density at radius 1 is 1.28 bits per heavy atom. The summed E-state index contributed by atoms with van der Waals surface area (Å²) in [6, 6.07) is 10.8. The summed E-state index contributed by atoms with van der Waals surface area (Å²) in [7, 11) is 0. The average molecular weight is 426 g/mol. The van der Waals surface area contributed by atoms with Gasteiger partial charge in [0.1, 0.15) is 6.07 Å². The molecule has 1 fully saturated rings. The van der Waals surface area contributed by atoms with E-state index in [1.165, 1.54) is 22.3 Å². The highest BCUT2D eigenvalue weighted by Crippen LogP contribution is 2.38. The summed E-state index contributed by atoms with van der Waals surface area (Å²) >= 11 is 0. The number of pyridine rings is 1. The number of piperazine rings is 1. The van der Waals surface area contributed by atoms with Crippen molar-refractivity contribution in [3.63, 3.8) is 0 Å². The number of anilines is 1. The number of allylic oxidation sites excluding steroid dienone is 1. The third-order valence-electron chi connectivity index (χ3n) is 6.55. The van der Waals surface area contributed by atoms with Gasteiger partial charge in [0.05, 0.1) is 17.5 Å². The molecule has 2 aromatic heterocycles. The van der Waals surface area contributed by atoms with Gasteiger partial charge >= 0.3 is 0 Å². The second-order valence-electron chi connectivity index (χ2n) is 8.65. The topological polar surface area (TPSA) is 95.8 Å². The van der Waals surface area contributed by atoms with E-state index < -0.39 is 0 Å². The summed E-state index contributed by atoms with van der Waals surface area (Å²) in [6.45, 7) is 9.62. The van der Waals surface area contributed by atoms with Crippen LogP contribution in [0.1, 0.15) is 46.0 Å². The second kappa shape index (κ2) is 8.23. The highest BCUT2D eigenvalue weighted by molar-refractivity contribution is 5.77. The fourth-order valence-corrected chi connectivity index (χ4v) is 4.75. The Bertz CT molecular complexity index is 1220. The largest absolute Gasteiger partial charge is 0.398 e. The predicted octanol–water partition coefficient (Wildman–Crippen LogP) is 3.14. The van der Waals surface area contributed by atoms with Gasteiger partial charge in [-0.25, -0.2) is 9.67 Å². The quantitative estimate of drug-likeness (QED) is 0.624.